The Balaban J connectivity index is 1.10. The summed E-state index contributed by atoms with van der Waals surface area (Å²) in [6.45, 7) is 3.38. The fourth-order valence-electron chi connectivity index (χ4n) is 8.34. The fourth-order valence-corrected chi connectivity index (χ4v) is 8.34. The summed E-state index contributed by atoms with van der Waals surface area (Å²) in [5.41, 5.74) is 11.6. The van der Waals surface area contributed by atoms with E-state index in [2.05, 4.69) is 44.5 Å². The number of carbonyl (C=O) groups excluding carboxylic acids is 2. The van der Waals surface area contributed by atoms with Crippen molar-refractivity contribution in [3.05, 3.63) is 77.6 Å². The molecule has 5 aromatic rings. The van der Waals surface area contributed by atoms with Gasteiger partial charge < -0.3 is 29.4 Å². The third-order valence-electron chi connectivity index (χ3n) is 11.2. The molecule has 2 aliphatic heterocycles. The molecule has 3 atom stereocenters. The van der Waals surface area contributed by atoms with E-state index < -0.39 is 0 Å². The molecule has 4 fully saturated rings. The Kier molecular flexibility index (Phi) is 6.98. The minimum atomic E-state index is -0.142. The maximum Gasteiger partial charge on any atom is 0.272 e. The molecular formula is C38H38N8O3. The van der Waals surface area contributed by atoms with Gasteiger partial charge in [-0.2, -0.15) is 5.26 Å². The van der Waals surface area contributed by atoms with Gasteiger partial charge in [0.1, 0.15) is 23.0 Å². The summed E-state index contributed by atoms with van der Waals surface area (Å²) in [5.74, 6) is 2.45. The van der Waals surface area contributed by atoms with Crippen molar-refractivity contribution in [3.8, 4) is 23.3 Å². The lowest BCUT2D eigenvalue weighted by Crippen LogP contribution is -2.51. The third kappa shape index (κ3) is 4.96. The molecule has 2 saturated heterocycles. The highest BCUT2D eigenvalue weighted by Gasteiger charge is 2.47. The van der Waals surface area contributed by atoms with Crippen molar-refractivity contribution in [2.45, 2.75) is 50.9 Å². The third-order valence-corrected chi connectivity index (χ3v) is 11.2. The van der Waals surface area contributed by atoms with Gasteiger partial charge in [0.15, 0.2) is 5.82 Å². The molecule has 49 heavy (non-hydrogen) atoms. The number of aromatic nitrogens is 4. The highest BCUT2D eigenvalue weighted by Crippen LogP contribution is 2.41. The lowest BCUT2D eigenvalue weighted by molar-refractivity contribution is 0.0465. The number of imidazole rings is 1. The molecule has 2 amide bonds. The summed E-state index contributed by atoms with van der Waals surface area (Å²) in [4.78, 5) is 40.4. The number of para-hydroxylation sites is 1. The minimum Gasteiger partial charge on any atom is -0.494 e. The molecule has 5 heterocycles. The molecule has 0 spiro atoms. The number of hydrogen-bond donors (Lipinski definition) is 1. The van der Waals surface area contributed by atoms with Gasteiger partial charge in [-0.1, -0.05) is 18.2 Å². The smallest absolute Gasteiger partial charge is 0.272 e. The van der Waals surface area contributed by atoms with Crippen LogP contribution in [0.1, 0.15) is 52.1 Å². The van der Waals surface area contributed by atoms with Gasteiger partial charge in [-0.15, -0.1) is 0 Å². The van der Waals surface area contributed by atoms with E-state index in [1.54, 1.807) is 24.1 Å². The van der Waals surface area contributed by atoms with Gasteiger partial charge in [0.2, 0.25) is 0 Å². The standard InChI is InChI=1S/C38H38N8O3/c1-49-33-14-27(37(47)45-21-26-9-11-31(45)34(26)40)12-29-35(33)46(20-24-17-43(18-24)38(48)28-10-8-23(15-39)16-41-28)36(42-29)32-13-25-4-2-3-5-30(25)44(32)19-22-6-7-22/h2-5,8,10,12-14,16,22,24,26,31,34H,6-7,9,11,17-21,40H2,1H3/t26?,31?,34-/m1/s1. The largest absolute Gasteiger partial charge is 0.494 e. The van der Waals surface area contributed by atoms with E-state index in [1.807, 2.05) is 23.1 Å². The molecule has 9 rings (SSSR count). The fraction of sp³-hybridized carbons (Fsp3) is 0.395. The van der Waals surface area contributed by atoms with E-state index in [9.17, 15) is 9.59 Å². The van der Waals surface area contributed by atoms with Gasteiger partial charge >= 0.3 is 0 Å². The summed E-state index contributed by atoms with van der Waals surface area (Å²) in [6.07, 6.45) is 5.91. The number of piperidine rings is 1. The first-order valence-electron chi connectivity index (χ1n) is 17.3. The number of hydrogen-bond acceptors (Lipinski definition) is 7. The number of nitrogens with two attached hydrogens (primary N) is 1. The first-order valence-corrected chi connectivity index (χ1v) is 17.3. The normalized spacial score (nSPS) is 21.8. The zero-order valence-electron chi connectivity index (χ0n) is 27.5. The molecule has 4 aliphatic rings. The number of likely N-dealkylation sites (tertiary alicyclic amines) is 2. The number of pyridine rings is 1. The van der Waals surface area contributed by atoms with Crippen LogP contribution in [0.15, 0.2) is 60.8 Å². The minimum absolute atomic E-state index is 0.0219. The number of fused-ring (bicyclic) bond motifs is 4. The van der Waals surface area contributed by atoms with Gasteiger partial charge in [-0.05, 0) is 73.9 Å². The van der Waals surface area contributed by atoms with Gasteiger partial charge in [0.05, 0.1) is 23.9 Å². The predicted octanol–water partition coefficient (Wildman–Crippen LogP) is 4.68. The monoisotopic (exact) mass is 654 g/mol. The van der Waals surface area contributed by atoms with Crippen molar-refractivity contribution in [1.82, 2.24) is 28.9 Å². The molecule has 3 aromatic heterocycles. The number of benzene rings is 2. The van der Waals surface area contributed by atoms with Gasteiger partial charge in [0.25, 0.3) is 11.8 Å². The molecule has 2 bridgehead atoms. The van der Waals surface area contributed by atoms with Crippen LogP contribution in [-0.2, 0) is 13.1 Å². The van der Waals surface area contributed by atoms with Gasteiger partial charge in [0, 0.05) is 73.4 Å². The topological polar surface area (TPSA) is 135 Å². The Labute approximate surface area is 283 Å². The maximum atomic E-state index is 14.0. The van der Waals surface area contributed by atoms with Crippen LogP contribution in [0.5, 0.6) is 5.75 Å². The average molecular weight is 655 g/mol. The van der Waals surface area contributed by atoms with E-state index >= 15 is 0 Å². The van der Waals surface area contributed by atoms with Crippen LogP contribution < -0.4 is 10.5 Å². The van der Waals surface area contributed by atoms with E-state index in [0.29, 0.717) is 66.1 Å². The van der Waals surface area contributed by atoms with Crippen LogP contribution in [0.2, 0.25) is 0 Å². The highest BCUT2D eigenvalue weighted by atomic mass is 16.5. The Bertz CT molecular complexity index is 2170. The van der Waals surface area contributed by atoms with Crippen molar-refractivity contribution in [2.75, 3.05) is 26.7 Å². The van der Waals surface area contributed by atoms with Crippen molar-refractivity contribution in [2.24, 2.45) is 23.5 Å². The van der Waals surface area contributed by atoms with E-state index in [-0.39, 0.29) is 29.8 Å². The summed E-state index contributed by atoms with van der Waals surface area (Å²) >= 11 is 0. The van der Waals surface area contributed by atoms with Crippen molar-refractivity contribution in [3.63, 3.8) is 0 Å². The lowest BCUT2D eigenvalue weighted by atomic mass is 9.99. The maximum absolute atomic E-state index is 14.0. The molecule has 248 valence electrons. The summed E-state index contributed by atoms with van der Waals surface area (Å²) in [7, 11) is 1.65. The second-order valence-electron chi connectivity index (χ2n) is 14.3. The number of nitrogens with zero attached hydrogens (tertiary/aromatic N) is 7. The van der Waals surface area contributed by atoms with Gasteiger partial charge in [-0.25, -0.2) is 9.97 Å². The molecule has 0 radical (unpaired) electrons. The average Bonchev–Trinajstić information content (AvgIpc) is 3.47. The second-order valence-corrected chi connectivity index (χ2v) is 14.3. The number of rotatable bonds is 8. The number of amides is 2. The Hall–Kier alpha value is -5.21. The number of carbonyl (C=O) groups is 2. The van der Waals surface area contributed by atoms with Gasteiger partial charge in [-0.3, -0.25) is 9.59 Å². The molecule has 11 nitrogen and oxygen atoms in total. The summed E-state index contributed by atoms with van der Waals surface area (Å²) in [5, 5.41) is 10.3. The zero-order valence-corrected chi connectivity index (χ0v) is 27.5. The lowest BCUT2D eigenvalue weighted by Gasteiger charge is -2.39. The molecule has 2 unspecified atom stereocenters. The van der Waals surface area contributed by atoms with Crippen molar-refractivity contribution < 1.29 is 14.3 Å². The number of ether oxygens (including phenoxy) is 1. The Morgan fingerprint density at radius 2 is 1.78 bits per heavy atom. The number of methoxy groups -OCH3 is 1. The molecule has 2 aliphatic carbocycles. The van der Waals surface area contributed by atoms with Crippen molar-refractivity contribution in [1.29, 1.82) is 5.26 Å². The van der Waals surface area contributed by atoms with Crippen LogP contribution in [0.4, 0.5) is 0 Å². The van der Waals surface area contributed by atoms with Crippen LogP contribution in [0, 0.1) is 29.1 Å². The first kappa shape index (κ1) is 29.9. The van der Waals surface area contributed by atoms with Crippen molar-refractivity contribution >= 4 is 33.8 Å². The first-order chi connectivity index (χ1) is 23.9. The highest BCUT2D eigenvalue weighted by molar-refractivity contribution is 6.00. The predicted molar refractivity (Wildman–Crippen MR) is 184 cm³/mol. The Morgan fingerprint density at radius 1 is 0.959 bits per heavy atom. The quantitative estimate of drug-likeness (QED) is 0.257. The van der Waals surface area contributed by atoms with E-state index in [4.69, 9.17) is 20.7 Å². The molecule has 2 saturated carbocycles. The van der Waals surface area contributed by atoms with E-state index in [1.165, 1.54) is 24.6 Å². The summed E-state index contributed by atoms with van der Waals surface area (Å²) in [6, 6.07) is 19.9. The van der Waals surface area contributed by atoms with Crippen LogP contribution in [-0.4, -0.2) is 79.5 Å². The van der Waals surface area contributed by atoms with Crippen LogP contribution in [0.25, 0.3) is 33.5 Å². The SMILES string of the molecule is COc1cc(C(=O)N2CC3CCC2[C@@H]3N)cc2nc(-c3cc4ccccc4n3CC3CC3)n(CC3CN(C(=O)c4ccc(C#N)cn4)C3)c12. The summed E-state index contributed by atoms with van der Waals surface area (Å²) < 4.78 is 10.7. The van der Waals surface area contributed by atoms with E-state index in [0.717, 1.165) is 41.8 Å². The molecule has 2 N–H and O–H groups in total. The van der Waals surface area contributed by atoms with Crippen LogP contribution >= 0.6 is 0 Å². The van der Waals surface area contributed by atoms with Crippen LogP contribution in [0.3, 0.4) is 0 Å². The molecular weight excluding hydrogens is 616 g/mol. The zero-order chi connectivity index (χ0) is 33.4. The molecule has 11 heteroatoms. The molecule has 2 aromatic carbocycles. The number of nitriles is 1. The Morgan fingerprint density at radius 3 is 2.47 bits per heavy atom. The second kappa shape index (κ2) is 11.4.